The highest BCUT2D eigenvalue weighted by Gasteiger charge is 2.36. The van der Waals surface area contributed by atoms with Gasteiger partial charge in [-0.1, -0.05) is 32.6 Å². The third-order valence-electron chi connectivity index (χ3n) is 5.81. The highest BCUT2D eigenvalue weighted by atomic mass is 32.1. The molecule has 5 nitrogen and oxygen atoms in total. The molecule has 1 N–H and O–H groups in total. The molecule has 1 aliphatic carbocycles. The topological polar surface area (TPSA) is 66.8 Å². The SMILES string of the molecule is CC(C)C#Cc1cc(N(C(=O)C2CCC(C)CC2)C2CCOCC2)c(C(=O)O)s1. The van der Waals surface area contributed by atoms with E-state index in [9.17, 15) is 14.7 Å². The average molecular weight is 418 g/mol. The van der Waals surface area contributed by atoms with Gasteiger partial charge in [0.25, 0.3) is 0 Å². The van der Waals surface area contributed by atoms with Gasteiger partial charge in [-0.25, -0.2) is 4.79 Å². The van der Waals surface area contributed by atoms with Crippen LogP contribution in [0.5, 0.6) is 0 Å². The molecule has 0 unspecified atom stereocenters. The lowest BCUT2D eigenvalue weighted by Crippen LogP contribution is -2.47. The molecular weight excluding hydrogens is 386 g/mol. The molecule has 0 aromatic carbocycles. The van der Waals surface area contributed by atoms with Gasteiger partial charge in [0.1, 0.15) is 4.88 Å². The first-order chi connectivity index (χ1) is 13.9. The summed E-state index contributed by atoms with van der Waals surface area (Å²) in [6.07, 6.45) is 5.34. The fraction of sp³-hybridized carbons (Fsp3) is 0.652. The maximum absolute atomic E-state index is 13.6. The highest BCUT2D eigenvalue weighted by Crippen LogP contribution is 2.37. The lowest BCUT2D eigenvalue weighted by atomic mass is 9.82. The summed E-state index contributed by atoms with van der Waals surface area (Å²) in [7, 11) is 0. The molecule has 1 saturated carbocycles. The number of anilines is 1. The number of nitrogens with zero attached hydrogens (tertiary/aromatic N) is 1. The normalized spacial score (nSPS) is 22.8. The molecule has 0 bridgehead atoms. The summed E-state index contributed by atoms with van der Waals surface area (Å²) in [6.45, 7) is 7.44. The minimum Gasteiger partial charge on any atom is -0.477 e. The molecule has 3 rings (SSSR count). The van der Waals surface area contributed by atoms with Crippen LogP contribution in [0.25, 0.3) is 0 Å². The van der Waals surface area contributed by atoms with Crippen LogP contribution >= 0.6 is 11.3 Å². The van der Waals surface area contributed by atoms with Crippen molar-refractivity contribution in [2.45, 2.75) is 65.3 Å². The van der Waals surface area contributed by atoms with Crippen LogP contribution in [0.2, 0.25) is 0 Å². The van der Waals surface area contributed by atoms with E-state index in [1.807, 2.05) is 19.9 Å². The van der Waals surface area contributed by atoms with Crippen molar-refractivity contribution >= 4 is 28.9 Å². The van der Waals surface area contributed by atoms with Crippen LogP contribution in [-0.2, 0) is 9.53 Å². The second-order valence-corrected chi connectivity index (χ2v) is 9.61. The van der Waals surface area contributed by atoms with Gasteiger partial charge in [0, 0.05) is 31.1 Å². The zero-order valence-corrected chi connectivity index (χ0v) is 18.4. The summed E-state index contributed by atoms with van der Waals surface area (Å²) in [6, 6.07) is 1.79. The number of carbonyl (C=O) groups excluding carboxylic acids is 1. The molecule has 1 saturated heterocycles. The Morgan fingerprint density at radius 1 is 1.17 bits per heavy atom. The summed E-state index contributed by atoms with van der Waals surface area (Å²) >= 11 is 1.17. The molecular formula is C23H31NO4S. The largest absolute Gasteiger partial charge is 0.477 e. The van der Waals surface area contributed by atoms with Gasteiger partial charge in [0.15, 0.2) is 0 Å². The lowest BCUT2D eigenvalue weighted by molar-refractivity contribution is -0.124. The fourth-order valence-electron chi connectivity index (χ4n) is 4.13. The summed E-state index contributed by atoms with van der Waals surface area (Å²) in [5, 5.41) is 9.83. The first kappa shape index (κ1) is 21.9. The Balaban J connectivity index is 1.98. The number of thiophene rings is 1. The second-order valence-electron chi connectivity index (χ2n) is 8.56. The van der Waals surface area contributed by atoms with Crippen molar-refractivity contribution in [2.24, 2.45) is 17.8 Å². The minimum absolute atomic E-state index is 0.0193. The van der Waals surface area contributed by atoms with Gasteiger partial charge in [-0.3, -0.25) is 4.79 Å². The standard InChI is InChI=1S/C23H31NO4S/c1-15(2)4-9-19-14-20(21(29-19)23(26)27)24(18-10-12-28-13-11-18)22(25)17-7-5-16(3)6-8-17/h14-18H,5-8,10-13H2,1-3H3,(H,26,27). The number of amides is 1. The van der Waals surface area contributed by atoms with Crippen molar-refractivity contribution in [1.82, 2.24) is 0 Å². The molecule has 158 valence electrons. The van der Waals surface area contributed by atoms with E-state index < -0.39 is 5.97 Å². The summed E-state index contributed by atoms with van der Waals surface area (Å²) in [4.78, 5) is 28.3. The Morgan fingerprint density at radius 2 is 1.83 bits per heavy atom. The van der Waals surface area contributed by atoms with Gasteiger partial charge >= 0.3 is 5.97 Å². The van der Waals surface area contributed by atoms with Crippen molar-refractivity contribution < 1.29 is 19.4 Å². The Labute approximate surface area is 177 Å². The molecule has 2 fully saturated rings. The molecule has 1 aliphatic heterocycles. The lowest BCUT2D eigenvalue weighted by Gasteiger charge is -2.37. The molecule has 0 spiro atoms. The minimum atomic E-state index is -0.996. The molecule has 1 aromatic heterocycles. The number of aromatic carboxylic acids is 1. The fourth-order valence-corrected chi connectivity index (χ4v) is 4.98. The van der Waals surface area contributed by atoms with E-state index in [4.69, 9.17) is 4.74 Å². The van der Waals surface area contributed by atoms with Crippen molar-refractivity contribution in [3.8, 4) is 11.8 Å². The van der Waals surface area contributed by atoms with E-state index in [-0.39, 0.29) is 28.7 Å². The van der Waals surface area contributed by atoms with Gasteiger partial charge in [-0.15, -0.1) is 11.3 Å². The number of carboxylic acids is 1. The molecule has 2 aliphatic rings. The van der Waals surface area contributed by atoms with Crippen LogP contribution in [0, 0.1) is 29.6 Å². The molecule has 1 amide bonds. The summed E-state index contributed by atoms with van der Waals surface area (Å²) < 4.78 is 5.50. The van der Waals surface area contributed by atoms with Crippen LogP contribution in [-0.4, -0.2) is 36.2 Å². The van der Waals surface area contributed by atoms with E-state index in [1.54, 1.807) is 4.90 Å². The van der Waals surface area contributed by atoms with Gasteiger partial charge < -0.3 is 14.7 Å². The number of rotatable bonds is 4. The van der Waals surface area contributed by atoms with Gasteiger partial charge in [-0.2, -0.15) is 0 Å². The number of carboxylic acid groups (broad SMARTS) is 1. The van der Waals surface area contributed by atoms with Crippen LogP contribution in [0.1, 0.15) is 73.8 Å². The Kier molecular flexibility index (Phi) is 7.37. The first-order valence-corrected chi connectivity index (χ1v) is 11.5. The number of hydrogen-bond acceptors (Lipinski definition) is 4. The summed E-state index contributed by atoms with van der Waals surface area (Å²) in [5.41, 5.74) is 0.520. The van der Waals surface area contributed by atoms with Crippen LogP contribution in [0.15, 0.2) is 6.07 Å². The van der Waals surface area contributed by atoms with Crippen molar-refractivity contribution in [1.29, 1.82) is 0 Å². The molecule has 2 heterocycles. The number of carbonyl (C=O) groups is 2. The highest BCUT2D eigenvalue weighted by molar-refractivity contribution is 7.15. The van der Waals surface area contributed by atoms with Gasteiger partial charge in [0.05, 0.1) is 10.6 Å². The van der Waals surface area contributed by atoms with Crippen molar-refractivity contribution in [3.05, 3.63) is 15.8 Å². The van der Waals surface area contributed by atoms with E-state index in [0.29, 0.717) is 29.7 Å². The Bertz CT molecular complexity index is 790. The average Bonchev–Trinajstić information content (AvgIpc) is 3.12. The van der Waals surface area contributed by atoms with Crippen LogP contribution < -0.4 is 4.90 Å². The quantitative estimate of drug-likeness (QED) is 0.715. The Morgan fingerprint density at radius 3 is 2.41 bits per heavy atom. The van der Waals surface area contributed by atoms with E-state index >= 15 is 0 Å². The van der Waals surface area contributed by atoms with E-state index in [0.717, 1.165) is 38.5 Å². The third kappa shape index (κ3) is 5.40. The summed E-state index contributed by atoms with van der Waals surface area (Å²) in [5.74, 6) is 6.10. The molecule has 29 heavy (non-hydrogen) atoms. The first-order valence-electron chi connectivity index (χ1n) is 10.7. The molecule has 0 atom stereocenters. The van der Waals surface area contributed by atoms with Crippen LogP contribution in [0.4, 0.5) is 5.69 Å². The van der Waals surface area contributed by atoms with Crippen molar-refractivity contribution in [3.63, 3.8) is 0 Å². The van der Waals surface area contributed by atoms with Crippen molar-refractivity contribution in [2.75, 3.05) is 18.1 Å². The number of hydrogen-bond donors (Lipinski definition) is 1. The zero-order valence-electron chi connectivity index (χ0n) is 17.6. The van der Waals surface area contributed by atoms with Gasteiger partial charge in [-0.05, 0) is 50.5 Å². The van der Waals surface area contributed by atoms with E-state index in [2.05, 4.69) is 18.8 Å². The predicted molar refractivity (Wildman–Crippen MR) is 115 cm³/mol. The maximum Gasteiger partial charge on any atom is 0.348 e. The second kappa shape index (κ2) is 9.77. The van der Waals surface area contributed by atoms with E-state index in [1.165, 1.54) is 11.3 Å². The third-order valence-corrected chi connectivity index (χ3v) is 6.84. The molecule has 1 aromatic rings. The zero-order chi connectivity index (χ0) is 21.0. The predicted octanol–water partition coefficient (Wildman–Crippen LogP) is 4.79. The molecule has 6 heteroatoms. The maximum atomic E-state index is 13.6. The number of ether oxygens (including phenoxy) is 1. The smallest absolute Gasteiger partial charge is 0.348 e. The van der Waals surface area contributed by atoms with Gasteiger partial charge in [0.2, 0.25) is 5.91 Å². The monoisotopic (exact) mass is 417 g/mol. The Hall–Kier alpha value is -1.84. The van der Waals surface area contributed by atoms with Crippen LogP contribution in [0.3, 0.4) is 0 Å². The molecule has 0 radical (unpaired) electrons.